The zero-order chi connectivity index (χ0) is 17.2. The van der Waals surface area contributed by atoms with E-state index < -0.39 is 0 Å². The number of benzene rings is 2. The number of nitrogens with zero attached hydrogens (tertiary/aromatic N) is 2. The molecule has 0 saturated carbocycles. The van der Waals surface area contributed by atoms with Crippen molar-refractivity contribution in [3.8, 4) is 22.9 Å². The first-order valence-electron chi connectivity index (χ1n) is 7.59. The van der Waals surface area contributed by atoms with E-state index in [0.29, 0.717) is 52.0 Å². The second-order valence-electron chi connectivity index (χ2n) is 5.34. The lowest BCUT2D eigenvalue weighted by atomic mass is 10.2. The lowest BCUT2D eigenvalue weighted by Crippen LogP contribution is -2.15. The van der Waals surface area contributed by atoms with Gasteiger partial charge >= 0.3 is 0 Å². The summed E-state index contributed by atoms with van der Waals surface area (Å²) < 4.78 is 24.9. The summed E-state index contributed by atoms with van der Waals surface area (Å²) in [6.45, 7) is 1.00. The highest BCUT2D eigenvalue weighted by Gasteiger charge is 2.17. The molecule has 8 heteroatoms. The number of halogens is 2. The van der Waals surface area contributed by atoms with Crippen LogP contribution in [0.1, 0.15) is 5.56 Å². The van der Waals surface area contributed by atoms with Crippen molar-refractivity contribution < 1.29 is 13.9 Å². The molecule has 0 saturated heterocycles. The first kappa shape index (κ1) is 16.2. The summed E-state index contributed by atoms with van der Waals surface area (Å²) >= 11 is 7.66. The Morgan fingerprint density at radius 3 is 2.92 bits per heavy atom. The summed E-state index contributed by atoms with van der Waals surface area (Å²) in [6, 6.07) is 10.2. The van der Waals surface area contributed by atoms with E-state index >= 15 is 0 Å². The number of nitrogens with one attached hydrogen (secondary N) is 1. The fraction of sp³-hybridized carbons (Fsp3) is 0.176. The van der Waals surface area contributed by atoms with Crippen molar-refractivity contribution >= 4 is 23.4 Å². The SMILES string of the molecule is Fc1ccccc1-c1nc(SCc2cc(Cl)c3c(c2)OCCO3)n[nH]1. The van der Waals surface area contributed by atoms with Crippen LogP contribution in [0.3, 0.4) is 0 Å². The Labute approximate surface area is 152 Å². The minimum absolute atomic E-state index is 0.339. The molecule has 0 fully saturated rings. The summed E-state index contributed by atoms with van der Waals surface area (Å²) in [5, 5.41) is 7.95. The molecule has 1 aliphatic rings. The van der Waals surface area contributed by atoms with E-state index in [2.05, 4.69) is 15.2 Å². The smallest absolute Gasteiger partial charge is 0.209 e. The second-order valence-corrected chi connectivity index (χ2v) is 6.69. The van der Waals surface area contributed by atoms with E-state index in [1.54, 1.807) is 18.2 Å². The van der Waals surface area contributed by atoms with Crippen molar-refractivity contribution in [1.29, 1.82) is 0 Å². The Balaban J connectivity index is 1.49. The summed E-state index contributed by atoms with van der Waals surface area (Å²) in [7, 11) is 0. The van der Waals surface area contributed by atoms with E-state index in [-0.39, 0.29) is 5.82 Å². The highest BCUT2D eigenvalue weighted by Crippen LogP contribution is 2.39. The van der Waals surface area contributed by atoms with E-state index in [1.807, 2.05) is 12.1 Å². The van der Waals surface area contributed by atoms with E-state index in [9.17, 15) is 4.39 Å². The quantitative estimate of drug-likeness (QED) is 0.686. The van der Waals surface area contributed by atoms with Gasteiger partial charge in [-0.25, -0.2) is 9.37 Å². The Hall–Kier alpha value is -2.25. The average molecular weight is 378 g/mol. The topological polar surface area (TPSA) is 60.0 Å². The van der Waals surface area contributed by atoms with Crippen LogP contribution in [0.15, 0.2) is 41.6 Å². The van der Waals surface area contributed by atoms with Gasteiger partial charge in [0.05, 0.1) is 10.6 Å². The first-order valence-corrected chi connectivity index (χ1v) is 8.95. The van der Waals surface area contributed by atoms with E-state index in [0.717, 1.165) is 5.56 Å². The molecule has 2 heterocycles. The van der Waals surface area contributed by atoms with Gasteiger partial charge < -0.3 is 9.47 Å². The number of ether oxygens (including phenoxy) is 2. The molecule has 0 atom stereocenters. The van der Waals surface area contributed by atoms with Gasteiger partial charge in [0.2, 0.25) is 5.16 Å². The molecule has 4 rings (SSSR count). The maximum absolute atomic E-state index is 13.8. The van der Waals surface area contributed by atoms with Crippen LogP contribution in [0.25, 0.3) is 11.4 Å². The molecule has 2 aromatic carbocycles. The molecule has 1 aromatic heterocycles. The van der Waals surface area contributed by atoms with Crippen molar-refractivity contribution in [3.05, 3.63) is 52.8 Å². The van der Waals surface area contributed by atoms with Crippen LogP contribution in [-0.4, -0.2) is 28.4 Å². The molecule has 0 spiro atoms. The zero-order valence-electron chi connectivity index (χ0n) is 13.0. The summed E-state index contributed by atoms with van der Waals surface area (Å²) in [6.07, 6.45) is 0. The van der Waals surface area contributed by atoms with Gasteiger partial charge in [-0.2, -0.15) is 0 Å². The highest BCUT2D eigenvalue weighted by atomic mass is 35.5. The molecular weight excluding hydrogens is 365 g/mol. The average Bonchev–Trinajstić information content (AvgIpc) is 3.09. The number of aromatic amines is 1. The Bertz CT molecular complexity index is 919. The normalized spacial score (nSPS) is 13.0. The van der Waals surface area contributed by atoms with Gasteiger partial charge in [0.25, 0.3) is 0 Å². The van der Waals surface area contributed by atoms with Gasteiger partial charge in [0, 0.05) is 5.75 Å². The fourth-order valence-corrected chi connectivity index (χ4v) is 3.50. The van der Waals surface area contributed by atoms with Crippen LogP contribution in [0, 0.1) is 5.82 Å². The number of rotatable bonds is 4. The van der Waals surface area contributed by atoms with Crippen LogP contribution < -0.4 is 9.47 Å². The molecular formula is C17H13ClFN3O2S. The lowest BCUT2D eigenvalue weighted by Gasteiger charge is -2.20. The summed E-state index contributed by atoms with van der Waals surface area (Å²) in [5.74, 6) is 1.90. The molecule has 1 aliphatic heterocycles. The minimum atomic E-state index is -0.339. The minimum Gasteiger partial charge on any atom is -0.486 e. The molecule has 0 bridgehead atoms. The van der Waals surface area contributed by atoms with Gasteiger partial charge in [-0.15, -0.1) is 5.10 Å². The third kappa shape index (κ3) is 3.43. The van der Waals surface area contributed by atoms with Gasteiger partial charge in [-0.05, 0) is 29.8 Å². The molecule has 1 N–H and O–H groups in total. The predicted octanol–water partition coefficient (Wildman–Crippen LogP) is 4.33. The maximum atomic E-state index is 13.8. The van der Waals surface area contributed by atoms with Gasteiger partial charge in [-0.3, -0.25) is 5.10 Å². The molecule has 0 aliphatic carbocycles. The maximum Gasteiger partial charge on any atom is 0.209 e. The molecule has 3 aromatic rings. The van der Waals surface area contributed by atoms with Gasteiger partial charge in [-0.1, -0.05) is 35.5 Å². The third-order valence-electron chi connectivity index (χ3n) is 3.62. The molecule has 5 nitrogen and oxygen atoms in total. The van der Waals surface area contributed by atoms with Crippen LogP contribution in [0.2, 0.25) is 5.02 Å². The second kappa shape index (κ2) is 6.93. The number of fused-ring (bicyclic) bond motifs is 1. The molecule has 0 radical (unpaired) electrons. The van der Waals surface area contributed by atoms with Gasteiger partial charge in [0.1, 0.15) is 19.0 Å². The number of aromatic nitrogens is 3. The van der Waals surface area contributed by atoms with Crippen molar-refractivity contribution in [2.24, 2.45) is 0 Å². The van der Waals surface area contributed by atoms with Crippen LogP contribution in [-0.2, 0) is 5.75 Å². The first-order chi connectivity index (χ1) is 12.2. The van der Waals surface area contributed by atoms with E-state index in [4.69, 9.17) is 21.1 Å². The Kier molecular flexibility index (Phi) is 4.50. The standard InChI is InChI=1S/C17H13ClFN3O2S/c18-12-7-10(8-14-15(12)24-6-5-23-14)9-25-17-20-16(21-22-17)11-3-1-2-4-13(11)19/h1-4,7-8H,5-6,9H2,(H,20,21,22). The van der Waals surface area contributed by atoms with Crippen molar-refractivity contribution in [1.82, 2.24) is 15.2 Å². The largest absolute Gasteiger partial charge is 0.486 e. The fourth-order valence-electron chi connectivity index (χ4n) is 2.48. The number of H-pyrrole nitrogens is 1. The Morgan fingerprint density at radius 1 is 1.20 bits per heavy atom. The predicted molar refractivity (Wildman–Crippen MR) is 93.8 cm³/mol. The number of hydrogen-bond acceptors (Lipinski definition) is 5. The summed E-state index contributed by atoms with van der Waals surface area (Å²) in [4.78, 5) is 4.33. The number of thioether (sulfide) groups is 1. The van der Waals surface area contributed by atoms with Crippen molar-refractivity contribution in [2.45, 2.75) is 10.9 Å². The van der Waals surface area contributed by atoms with Crippen molar-refractivity contribution in [2.75, 3.05) is 13.2 Å². The third-order valence-corrected chi connectivity index (χ3v) is 4.82. The lowest BCUT2D eigenvalue weighted by molar-refractivity contribution is 0.171. The Morgan fingerprint density at radius 2 is 2.04 bits per heavy atom. The molecule has 0 amide bonds. The van der Waals surface area contributed by atoms with Crippen LogP contribution >= 0.6 is 23.4 Å². The number of hydrogen-bond donors (Lipinski definition) is 1. The molecule has 25 heavy (non-hydrogen) atoms. The van der Waals surface area contributed by atoms with E-state index in [1.165, 1.54) is 17.8 Å². The van der Waals surface area contributed by atoms with Crippen LogP contribution in [0.4, 0.5) is 4.39 Å². The highest BCUT2D eigenvalue weighted by molar-refractivity contribution is 7.98. The monoisotopic (exact) mass is 377 g/mol. The molecule has 128 valence electrons. The zero-order valence-corrected chi connectivity index (χ0v) is 14.5. The van der Waals surface area contributed by atoms with Crippen LogP contribution in [0.5, 0.6) is 11.5 Å². The van der Waals surface area contributed by atoms with Gasteiger partial charge in [0.15, 0.2) is 17.3 Å². The molecule has 0 unspecified atom stereocenters. The summed E-state index contributed by atoms with van der Waals surface area (Å²) in [5.41, 5.74) is 1.36. The van der Waals surface area contributed by atoms with Crippen molar-refractivity contribution in [3.63, 3.8) is 0 Å².